The van der Waals surface area contributed by atoms with Gasteiger partial charge in [-0.3, -0.25) is 5.10 Å². The molecule has 6 nitrogen and oxygen atoms in total. The number of benzene rings is 1. The van der Waals surface area contributed by atoms with E-state index in [1.165, 1.54) is 0 Å². The maximum absolute atomic E-state index is 12.5. The lowest BCUT2D eigenvalue weighted by Crippen LogP contribution is -2.35. The molecule has 1 fully saturated rings. The predicted octanol–water partition coefficient (Wildman–Crippen LogP) is 2.16. The summed E-state index contributed by atoms with van der Waals surface area (Å²) in [5.41, 5.74) is 1.63. The number of H-pyrrole nitrogens is 1. The van der Waals surface area contributed by atoms with E-state index in [1.54, 1.807) is 31.3 Å². The van der Waals surface area contributed by atoms with Gasteiger partial charge in [0.15, 0.2) is 0 Å². The second-order valence-corrected chi connectivity index (χ2v) is 7.56. The van der Waals surface area contributed by atoms with Crippen LogP contribution in [0, 0.1) is 12.8 Å². The van der Waals surface area contributed by atoms with Crippen LogP contribution < -0.4 is 4.72 Å². The summed E-state index contributed by atoms with van der Waals surface area (Å²) in [4.78, 5) is 0.329. The van der Waals surface area contributed by atoms with Gasteiger partial charge >= 0.3 is 0 Å². The Labute approximate surface area is 136 Å². The van der Waals surface area contributed by atoms with Crippen LogP contribution in [0.25, 0.3) is 0 Å². The Hall–Kier alpha value is -1.70. The number of hydrogen-bond acceptors (Lipinski definition) is 4. The van der Waals surface area contributed by atoms with E-state index in [9.17, 15) is 8.42 Å². The number of aromatic nitrogens is 2. The molecule has 1 aromatic carbocycles. The van der Waals surface area contributed by atoms with Crippen LogP contribution in [0.15, 0.2) is 41.4 Å². The summed E-state index contributed by atoms with van der Waals surface area (Å²) in [6.45, 7) is 2.83. The van der Waals surface area contributed by atoms with Gasteiger partial charge in [-0.2, -0.15) is 5.10 Å². The first kappa shape index (κ1) is 16.2. The fourth-order valence-electron chi connectivity index (χ4n) is 2.97. The molecule has 0 spiro atoms. The molecule has 23 heavy (non-hydrogen) atoms. The summed E-state index contributed by atoms with van der Waals surface area (Å²) in [5.74, 6) is 0.0861. The molecule has 2 atom stereocenters. The maximum atomic E-state index is 12.5. The van der Waals surface area contributed by atoms with Gasteiger partial charge in [-0.05, 0) is 37.5 Å². The lowest BCUT2D eigenvalue weighted by molar-refractivity contribution is -0.0287. The van der Waals surface area contributed by atoms with Crippen molar-refractivity contribution in [2.75, 3.05) is 13.2 Å². The molecule has 7 heteroatoms. The molecule has 2 aromatic rings. The van der Waals surface area contributed by atoms with Crippen LogP contribution in [-0.2, 0) is 14.8 Å². The van der Waals surface area contributed by atoms with Crippen LogP contribution in [-0.4, -0.2) is 31.8 Å². The van der Waals surface area contributed by atoms with Crippen molar-refractivity contribution < 1.29 is 13.2 Å². The number of nitrogens with zero attached hydrogens (tertiary/aromatic N) is 1. The number of ether oxygens (including phenoxy) is 1. The number of sulfonamides is 1. The summed E-state index contributed by atoms with van der Waals surface area (Å²) >= 11 is 0. The van der Waals surface area contributed by atoms with Crippen LogP contribution in [0.4, 0.5) is 0 Å². The molecule has 2 N–H and O–H groups in total. The molecule has 1 aromatic heterocycles. The second kappa shape index (κ2) is 6.82. The van der Waals surface area contributed by atoms with Gasteiger partial charge < -0.3 is 4.74 Å². The highest BCUT2D eigenvalue weighted by molar-refractivity contribution is 7.89. The molecule has 0 amide bonds. The van der Waals surface area contributed by atoms with Gasteiger partial charge in [0.1, 0.15) is 6.10 Å². The van der Waals surface area contributed by atoms with Crippen molar-refractivity contribution in [3.8, 4) is 0 Å². The average Bonchev–Trinajstić information content (AvgIpc) is 3.08. The highest BCUT2D eigenvalue weighted by atomic mass is 32.2. The van der Waals surface area contributed by atoms with Gasteiger partial charge in [-0.1, -0.05) is 18.2 Å². The Bertz CT molecular complexity index is 744. The van der Waals surface area contributed by atoms with Crippen molar-refractivity contribution in [1.29, 1.82) is 0 Å². The predicted molar refractivity (Wildman–Crippen MR) is 86.4 cm³/mol. The van der Waals surface area contributed by atoms with Crippen LogP contribution >= 0.6 is 0 Å². The Kier molecular flexibility index (Phi) is 4.79. The monoisotopic (exact) mass is 335 g/mol. The Morgan fingerprint density at radius 2 is 2.17 bits per heavy atom. The van der Waals surface area contributed by atoms with Crippen molar-refractivity contribution in [2.24, 2.45) is 5.92 Å². The Morgan fingerprint density at radius 3 is 2.91 bits per heavy atom. The third kappa shape index (κ3) is 3.63. The molecular weight excluding hydrogens is 314 g/mol. The molecule has 3 rings (SSSR count). The zero-order valence-electron chi connectivity index (χ0n) is 13.0. The van der Waals surface area contributed by atoms with E-state index in [0.717, 1.165) is 24.1 Å². The topological polar surface area (TPSA) is 84.1 Å². The van der Waals surface area contributed by atoms with Crippen LogP contribution in [0.2, 0.25) is 0 Å². The zero-order valence-corrected chi connectivity index (χ0v) is 13.8. The van der Waals surface area contributed by atoms with E-state index in [4.69, 9.17) is 4.74 Å². The van der Waals surface area contributed by atoms with Crippen LogP contribution in [0.3, 0.4) is 0 Å². The normalized spacial score (nSPS) is 22.1. The van der Waals surface area contributed by atoms with Crippen molar-refractivity contribution >= 4 is 10.0 Å². The molecule has 1 saturated heterocycles. The highest BCUT2D eigenvalue weighted by Gasteiger charge is 2.30. The Morgan fingerprint density at radius 1 is 1.35 bits per heavy atom. The quantitative estimate of drug-likeness (QED) is 0.877. The van der Waals surface area contributed by atoms with Gasteiger partial charge in [0.2, 0.25) is 10.0 Å². The van der Waals surface area contributed by atoms with Gasteiger partial charge in [0, 0.05) is 25.3 Å². The minimum Gasteiger partial charge on any atom is -0.372 e. The molecule has 0 saturated carbocycles. The van der Waals surface area contributed by atoms with E-state index in [1.807, 2.05) is 12.1 Å². The number of aryl methyl sites for hydroxylation is 1. The Balaban J connectivity index is 1.72. The van der Waals surface area contributed by atoms with E-state index in [2.05, 4.69) is 14.9 Å². The molecule has 1 aliphatic rings. The third-order valence-corrected chi connectivity index (χ3v) is 5.78. The fraction of sp³-hybridized carbons (Fsp3) is 0.438. The molecule has 0 bridgehead atoms. The molecule has 124 valence electrons. The lowest BCUT2D eigenvalue weighted by atomic mass is 9.92. The minimum absolute atomic E-state index is 0.0861. The lowest BCUT2D eigenvalue weighted by Gasteiger charge is -2.31. The molecule has 0 unspecified atom stereocenters. The summed E-state index contributed by atoms with van der Waals surface area (Å²) in [5, 5.41) is 6.88. The van der Waals surface area contributed by atoms with Crippen molar-refractivity contribution in [3.05, 3.63) is 47.8 Å². The van der Waals surface area contributed by atoms with E-state index >= 15 is 0 Å². The number of rotatable bonds is 5. The number of nitrogens with one attached hydrogen (secondary N) is 2. The highest BCUT2D eigenvalue weighted by Crippen LogP contribution is 2.32. The standard InChI is InChI=1S/C16H21N3O3S/c1-12-5-2-3-7-15(12)23(20,21)18-11-13-6-4-10-22-16(13)14-8-9-17-19-14/h2-3,5,7-9,13,16,18H,4,6,10-11H2,1H3,(H,17,19)/t13-,16+/m0/s1. The van der Waals surface area contributed by atoms with E-state index in [-0.39, 0.29) is 12.0 Å². The van der Waals surface area contributed by atoms with Gasteiger partial charge in [-0.25, -0.2) is 13.1 Å². The smallest absolute Gasteiger partial charge is 0.240 e. The van der Waals surface area contributed by atoms with Crippen LogP contribution in [0.5, 0.6) is 0 Å². The third-order valence-electron chi connectivity index (χ3n) is 4.19. The van der Waals surface area contributed by atoms with E-state index < -0.39 is 10.0 Å². The first-order valence-electron chi connectivity index (χ1n) is 7.74. The van der Waals surface area contributed by atoms with E-state index in [0.29, 0.717) is 18.0 Å². The van der Waals surface area contributed by atoms with Crippen molar-refractivity contribution in [2.45, 2.75) is 30.8 Å². The maximum Gasteiger partial charge on any atom is 0.240 e. The average molecular weight is 335 g/mol. The van der Waals surface area contributed by atoms with Crippen molar-refractivity contribution in [3.63, 3.8) is 0 Å². The second-order valence-electron chi connectivity index (χ2n) is 5.82. The molecule has 1 aliphatic heterocycles. The summed E-state index contributed by atoms with van der Waals surface area (Å²) in [6, 6.07) is 8.86. The summed E-state index contributed by atoms with van der Waals surface area (Å²) in [6.07, 6.45) is 3.38. The largest absolute Gasteiger partial charge is 0.372 e. The zero-order chi connectivity index (χ0) is 16.3. The summed E-state index contributed by atoms with van der Waals surface area (Å²) in [7, 11) is -3.51. The summed E-state index contributed by atoms with van der Waals surface area (Å²) < 4.78 is 33.6. The molecule has 2 heterocycles. The van der Waals surface area contributed by atoms with Gasteiger partial charge in [-0.15, -0.1) is 0 Å². The number of aromatic amines is 1. The first-order valence-corrected chi connectivity index (χ1v) is 9.22. The number of hydrogen-bond donors (Lipinski definition) is 2. The molecule has 0 radical (unpaired) electrons. The van der Waals surface area contributed by atoms with Crippen molar-refractivity contribution in [1.82, 2.24) is 14.9 Å². The first-order chi connectivity index (χ1) is 11.1. The van der Waals surface area contributed by atoms with Crippen LogP contribution in [0.1, 0.15) is 30.2 Å². The minimum atomic E-state index is -3.51. The SMILES string of the molecule is Cc1ccccc1S(=O)(=O)NC[C@@H]1CCCO[C@H]1c1ccn[nH]1. The van der Waals surface area contributed by atoms with Gasteiger partial charge in [0.05, 0.1) is 10.6 Å². The molecular formula is C16H21N3O3S. The fourth-order valence-corrected chi connectivity index (χ4v) is 4.31. The molecule has 0 aliphatic carbocycles. The van der Waals surface area contributed by atoms with Gasteiger partial charge in [0.25, 0.3) is 0 Å².